The first-order valence-corrected chi connectivity index (χ1v) is 10.0. The number of amides is 1. The summed E-state index contributed by atoms with van der Waals surface area (Å²) in [7, 11) is 0. The van der Waals surface area contributed by atoms with Gasteiger partial charge in [-0.15, -0.1) is 11.3 Å². The maximum absolute atomic E-state index is 14.9. The quantitative estimate of drug-likeness (QED) is 0.620. The molecule has 2 fully saturated rings. The fraction of sp³-hybridized carbons (Fsp3) is 0.368. The van der Waals surface area contributed by atoms with Gasteiger partial charge in [0.2, 0.25) is 5.43 Å². The number of nitrogens with two attached hydrogens (primary N) is 2. The predicted molar refractivity (Wildman–Crippen MR) is 107 cm³/mol. The van der Waals surface area contributed by atoms with Gasteiger partial charge in [0.15, 0.2) is 5.75 Å². The van der Waals surface area contributed by atoms with E-state index in [2.05, 4.69) is 0 Å². The number of thiophene rings is 1. The standard InChI is InChI=1S/C19H19FN4O3S/c20-11-5-10-12(6-13(11)23-4-3-8(21)7-23)24(9-1-2-9)19-14(15(10)25)16(26)17(28-19)18(22)27/h5-6,8-9,26H,1-4,7,21H2,(H2,22,27). The van der Waals surface area contributed by atoms with Crippen LogP contribution in [0.5, 0.6) is 5.75 Å². The number of carbonyl (C=O) groups excluding carboxylic acids is 1. The fourth-order valence-corrected chi connectivity index (χ4v) is 5.20. The molecule has 1 saturated carbocycles. The molecule has 3 heterocycles. The molecule has 1 amide bonds. The van der Waals surface area contributed by atoms with Crippen LogP contribution in [0, 0.1) is 5.82 Å². The first-order chi connectivity index (χ1) is 13.4. The van der Waals surface area contributed by atoms with Gasteiger partial charge in [0.1, 0.15) is 20.9 Å². The molecule has 2 aromatic heterocycles. The van der Waals surface area contributed by atoms with E-state index in [0.29, 0.717) is 29.1 Å². The average molecular weight is 402 g/mol. The molecule has 5 rings (SSSR count). The van der Waals surface area contributed by atoms with Gasteiger partial charge in [-0.1, -0.05) is 0 Å². The summed E-state index contributed by atoms with van der Waals surface area (Å²) in [6.07, 6.45) is 2.62. The minimum atomic E-state index is -0.789. The highest BCUT2D eigenvalue weighted by Crippen LogP contribution is 2.45. The van der Waals surface area contributed by atoms with Gasteiger partial charge in [-0.3, -0.25) is 9.59 Å². The number of primary amides is 1. The van der Waals surface area contributed by atoms with E-state index in [1.807, 2.05) is 9.47 Å². The van der Waals surface area contributed by atoms with E-state index in [1.54, 1.807) is 6.07 Å². The van der Waals surface area contributed by atoms with Crippen molar-refractivity contribution >= 4 is 44.1 Å². The molecule has 0 radical (unpaired) electrons. The van der Waals surface area contributed by atoms with Crippen molar-refractivity contribution in [2.24, 2.45) is 11.5 Å². The molecule has 1 unspecified atom stereocenters. The van der Waals surface area contributed by atoms with Crippen molar-refractivity contribution in [1.82, 2.24) is 4.57 Å². The summed E-state index contributed by atoms with van der Waals surface area (Å²) in [5, 5.41) is 10.7. The van der Waals surface area contributed by atoms with Crippen molar-refractivity contribution in [2.75, 3.05) is 18.0 Å². The third-order valence-electron chi connectivity index (χ3n) is 5.58. The first kappa shape index (κ1) is 17.4. The topological polar surface area (TPSA) is 115 Å². The lowest BCUT2D eigenvalue weighted by Crippen LogP contribution is -2.27. The van der Waals surface area contributed by atoms with Crippen molar-refractivity contribution < 1.29 is 14.3 Å². The van der Waals surface area contributed by atoms with Gasteiger partial charge >= 0.3 is 0 Å². The maximum Gasteiger partial charge on any atom is 0.262 e. The molecule has 5 N–H and O–H groups in total. The Morgan fingerprint density at radius 3 is 2.64 bits per heavy atom. The van der Waals surface area contributed by atoms with Crippen LogP contribution in [-0.2, 0) is 0 Å². The molecule has 28 heavy (non-hydrogen) atoms. The number of aromatic nitrogens is 1. The number of hydrogen-bond acceptors (Lipinski definition) is 6. The van der Waals surface area contributed by atoms with E-state index in [1.165, 1.54) is 6.07 Å². The van der Waals surface area contributed by atoms with Crippen LogP contribution >= 0.6 is 11.3 Å². The molecule has 146 valence electrons. The minimum Gasteiger partial charge on any atom is -0.505 e. The number of nitrogens with zero attached hydrogens (tertiary/aromatic N) is 2. The normalized spacial score (nSPS) is 19.8. The molecule has 3 aromatic rings. The van der Waals surface area contributed by atoms with Gasteiger partial charge in [-0.2, -0.15) is 0 Å². The van der Waals surface area contributed by atoms with E-state index < -0.39 is 22.9 Å². The van der Waals surface area contributed by atoms with Crippen molar-refractivity contribution in [1.29, 1.82) is 0 Å². The van der Waals surface area contributed by atoms with Crippen molar-refractivity contribution in [3.8, 4) is 5.75 Å². The summed E-state index contributed by atoms with van der Waals surface area (Å²) >= 11 is 1.01. The number of fused-ring (bicyclic) bond motifs is 2. The maximum atomic E-state index is 14.9. The second kappa shape index (κ2) is 5.92. The highest BCUT2D eigenvalue weighted by atomic mass is 32.1. The van der Waals surface area contributed by atoms with Gasteiger partial charge in [-0.05, 0) is 31.4 Å². The molecular weight excluding hydrogens is 383 g/mol. The smallest absolute Gasteiger partial charge is 0.262 e. The molecule has 0 bridgehead atoms. The number of halogens is 1. The molecule has 1 saturated heterocycles. The Kier molecular flexibility index (Phi) is 3.69. The Labute approximate surface area is 162 Å². The van der Waals surface area contributed by atoms with E-state index in [-0.39, 0.29) is 27.7 Å². The Morgan fingerprint density at radius 2 is 2.04 bits per heavy atom. The first-order valence-electron chi connectivity index (χ1n) is 9.20. The van der Waals surface area contributed by atoms with Crippen molar-refractivity contribution in [3.05, 3.63) is 33.1 Å². The number of anilines is 1. The van der Waals surface area contributed by atoms with E-state index in [9.17, 15) is 19.1 Å². The molecule has 2 aliphatic rings. The summed E-state index contributed by atoms with van der Waals surface area (Å²) in [4.78, 5) is 27.1. The van der Waals surface area contributed by atoms with Gasteiger partial charge in [-0.25, -0.2) is 4.39 Å². The van der Waals surface area contributed by atoms with Crippen LogP contribution in [0.25, 0.3) is 21.1 Å². The number of carbonyl (C=O) groups is 1. The third-order valence-corrected chi connectivity index (χ3v) is 6.77. The van der Waals surface area contributed by atoms with Crippen LogP contribution in [0.3, 0.4) is 0 Å². The molecule has 0 spiro atoms. The molecule has 1 aromatic carbocycles. The highest BCUT2D eigenvalue weighted by Gasteiger charge is 2.32. The monoisotopic (exact) mass is 402 g/mol. The summed E-state index contributed by atoms with van der Waals surface area (Å²) in [5.74, 6) is -1.70. The van der Waals surface area contributed by atoms with E-state index in [4.69, 9.17) is 11.5 Å². The predicted octanol–water partition coefficient (Wildman–Crippen LogP) is 2.03. The van der Waals surface area contributed by atoms with Crippen molar-refractivity contribution in [3.63, 3.8) is 0 Å². The third kappa shape index (κ3) is 2.43. The number of rotatable bonds is 3. The SMILES string of the molecule is NC(=O)c1sc2c(c1O)c(=O)c1cc(F)c(N3CCC(N)C3)cc1n2C1CC1. The Morgan fingerprint density at radius 1 is 1.29 bits per heavy atom. The van der Waals surface area contributed by atoms with E-state index in [0.717, 1.165) is 30.6 Å². The second-order valence-corrected chi connectivity index (χ2v) is 8.57. The van der Waals surface area contributed by atoms with Gasteiger partial charge in [0, 0.05) is 30.6 Å². The van der Waals surface area contributed by atoms with Crippen LogP contribution in [0.4, 0.5) is 10.1 Å². The van der Waals surface area contributed by atoms with Gasteiger partial charge in [0.25, 0.3) is 5.91 Å². The number of benzene rings is 1. The van der Waals surface area contributed by atoms with Gasteiger partial charge < -0.3 is 26.0 Å². The Balaban J connectivity index is 1.86. The Bertz CT molecular complexity index is 1210. The average Bonchev–Trinajstić information content (AvgIpc) is 3.29. The molecule has 1 aliphatic heterocycles. The molecule has 9 heteroatoms. The van der Waals surface area contributed by atoms with Crippen LogP contribution in [0.1, 0.15) is 35.0 Å². The summed E-state index contributed by atoms with van der Waals surface area (Å²) in [6.45, 7) is 1.22. The molecule has 1 aliphatic carbocycles. The number of aromatic hydroxyl groups is 1. The molecular formula is C19H19FN4O3S. The molecule has 1 atom stereocenters. The van der Waals surface area contributed by atoms with Crippen LogP contribution < -0.4 is 21.8 Å². The lowest BCUT2D eigenvalue weighted by Gasteiger charge is -2.21. The lowest BCUT2D eigenvalue weighted by atomic mass is 10.1. The van der Waals surface area contributed by atoms with Crippen molar-refractivity contribution in [2.45, 2.75) is 31.3 Å². The summed E-state index contributed by atoms with van der Waals surface area (Å²) < 4.78 is 16.8. The van der Waals surface area contributed by atoms with E-state index >= 15 is 0 Å². The van der Waals surface area contributed by atoms with Gasteiger partial charge in [0.05, 0.1) is 11.2 Å². The largest absolute Gasteiger partial charge is 0.505 e. The zero-order chi connectivity index (χ0) is 19.7. The summed E-state index contributed by atoms with van der Waals surface area (Å²) in [5.41, 5.74) is 11.9. The highest BCUT2D eigenvalue weighted by molar-refractivity contribution is 7.21. The van der Waals surface area contributed by atoms with Crippen LogP contribution in [0.2, 0.25) is 0 Å². The molecule has 7 nitrogen and oxygen atoms in total. The number of hydrogen-bond donors (Lipinski definition) is 3. The Hall–Kier alpha value is -2.65. The fourth-order valence-electron chi connectivity index (χ4n) is 4.07. The zero-order valence-corrected chi connectivity index (χ0v) is 15.8. The lowest BCUT2D eigenvalue weighted by molar-refractivity contribution is 0.100. The van der Waals surface area contributed by atoms with Crippen LogP contribution in [0.15, 0.2) is 16.9 Å². The minimum absolute atomic E-state index is 0.00410. The second-order valence-electron chi connectivity index (χ2n) is 7.57. The summed E-state index contributed by atoms with van der Waals surface area (Å²) in [6, 6.07) is 3.07. The zero-order valence-electron chi connectivity index (χ0n) is 14.9. The number of pyridine rings is 1. The van der Waals surface area contributed by atoms with Crippen LogP contribution in [-0.4, -0.2) is 34.7 Å².